The van der Waals surface area contributed by atoms with Gasteiger partial charge in [0.1, 0.15) is 6.07 Å². The Morgan fingerprint density at radius 3 is 2.69 bits per heavy atom. The summed E-state index contributed by atoms with van der Waals surface area (Å²) in [6, 6.07) is 4.75. The van der Waals surface area contributed by atoms with Crippen LogP contribution in [0.3, 0.4) is 0 Å². The Kier molecular flexibility index (Phi) is 2.20. The number of hydrogen-bond acceptors (Lipinski definition) is 3. The van der Waals surface area contributed by atoms with Crippen LogP contribution >= 0.6 is 0 Å². The van der Waals surface area contributed by atoms with E-state index in [1.165, 1.54) is 12.1 Å². The van der Waals surface area contributed by atoms with Crippen LogP contribution in [0.4, 0.5) is 5.69 Å². The van der Waals surface area contributed by atoms with Gasteiger partial charge in [0.2, 0.25) is 0 Å². The van der Waals surface area contributed by atoms with E-state index in [0.29, 0.717) is 11.3 Å². The Bertz CT molecular complexity index is 405. The van der Waals surface area contributed by atoms with Gasteiger partial charge in [-0.25, -0.2) is 4.79 Å². The van der Waals surface area contributed by atoms with Gasteiger partial charge in [0.05, 0.1) is 11.1 Å². The second-order valence-corrected chi connectivity index (χ2v) is 2.62. The summed E-state index contributed by atoms with van der Waals surface area (Å²) >= 11 is 0. The minimum Gasteiger partial charge on any atom is -0.478 e. The van der Waals surface area contributed by atoms with Gasteiger partial charge in [0, 0.05) is 5.69 Å². The van der Waals surface area contributed by atoms with Crippen LogP contribution in [0.25, 0.3) is 0 Å². The average molecular weight is 176 g/mol. The van der Waals surface area contributed by atoms with Crippen molar-refractivity contribution in [1.82, 2.24) is 0 Å². The van der Waals surface area contributed by atoms with Crippen molar-refractivity contribution in [2.45, 2.75) is 6.92 Å². The molecule has 0 aliphatic rings. The number of nitrogens with zero attached hydrogens (tertiary/aromatic N) is 1. The van der Waals surface area contributed by atoms with E-state index in [-0.39, 0.29) is 11.1 Å². The summed E-state index contributed by atoms with van der Waals surface area (Å²) in [5.74, 6) is -1.12. The largest absolute Gasteiger partial charge is 0.478 e. The van der Waals surface area contributed by atoms with Gasteiger partial charge in [-0.05, 0) is 24.6 Å². The molecule has 66 valence electrons. The molecule has 4 nitrogen and oxygen atoms in total. The third-order valence-corrected chi connectivity index (χ3v) is 1.84. The monoisotopic (exact) mass is 176 g/mol. The van der Waals surface area contributed by atoms with Gasteiger partial charge in [-0.1, -0.05) is 0 Å². The molecule has 1 rings (SSSR count). The zero-order chi connectivity index (χ0) is 10.0. The highest BCUT2D eigenvalue weighted by Crippen LogP contribution is 2.19. The first-order valence-corrected chi connectivity index (χ1v) is 3.60. The van der Waals surface area contributed by atoms with Crippen LogP contribution in [0, 0.1) is 18.3 Å². The van der Waals surface area contributed by atoms with Crippen LogP contribution in [-0.2, 0) is 0 Å². The van der Waals surface area contributed by atoms with Crippen molar-refractivity contribution in [3.63, 3.8) is 0 Å². The predicted octanol–water partition coefficient (Wildman–Crippen LogP) is 1.15. The van der Waals surface area contributed by atoms with Crippen molar-refractivity contribution < 1.29 is 9.90 Å². The number of anilines is 1. The lowest BCUT2D eigenvalue weighted by Crippen LogP contribution is -2.05. The number of nitriles is 1. The summed E-state index contributed by atoms with van der Waals surface area (Å²) in [7, 11) is 0. The highest BCUT2D eigenvalue weighted by Gasteiger charge is 2.14. The molecule has 0 atom stereocenters. The molecule has 0 radical (unpaired) electrons. The lowest BCUT2D eigenvalue weighted by molar-refractivity contribution is 0.0696. The molecule has 0 heterocycles. The Morgan fingerprint density at radius 1 is 1.62 bits per heavy atom. The zero-order valence-electron chi connectivity index (χ0n) is 7.03. The smallest absolute Gasteiger partial charge is 0.337 e. The third-order valence-electron chi connectivity index (χ3n) is 1.84. The molecule has 4 heteroatoms. The number of nitrogen functional groups attached to an aromatic ring is 1. The van der Waals surface area contributed by atoms with Crippen LogP contribution in [0.2, 0.25) is 0 Å². The molecule has 0 aliphatic heterocycles. The number of benzene rings is 1. The van der Waals surface area contributed by atoms with E-state index < -0.39 is 5.97 Å². The van der Waals surface area contributed by atoms with E-state index in [1.54, 1.807) is 6.92 Å². The van der Waals surface area contributed by atoms with E-state index in [4.69, 9.17) is 16.1 Å². The first-order chi connectivity index (χ1) is 6.07. The van der Waals surface area contributed by atoms with Gasteiger partial charge >= 0.3 is 5.97 Å². The summed E-state index contributed by atoms with van der Waals surface area (Å²) in [6.45, 7) is 1.58. The quantitative estimate of drug-likeness (QED) is 0.628. The molecule has 0 bridgehead atoms. The summed E-state index contributed by atoms with van der Waals surface area (Å²) in [6.07, 6.45) is 0. The highest BCUT2D eigenvalue weighted by atomic mass is 16.4. The number of rotatable bonds is 1. The summed E-state index contributed by atoms with van der Waals surface area (Å²) < 4.78 is 0. The van der Waals surface area contributed by atoms with Gasteiger partial charge in [0.15, 0.2) is 0 Å². The van der Waals surface area contributed by atoms with Gasteiger partial charge in [0.25, 0.3) is 0 Å². The molecule has 3 N–H and O–H groups in total. The Labute approximate surface area is 75.2 Å². The molecule has 1 aromatic rings. The third kappa shape index (κ3) is 1.44. The van der Waals surface area contributed by atoms with Crippen molar-refractivity contribution in [1.29, 1.82) is 5.26 Å². The van der Waals surface area contributed by atoms with E-state index in [2.05, 4.69) is 0 Å². The van der Waals surface area contributed by atoms with Crippen molar-refractivity contribution in [3.05, 3.63) is 28.8 Å². The van der Waals surface area contributed by atoms with Crippen molar-refractivity contribution in [2.24, 2.45) is 0 Å². The van der Waals surface area contributed by atoms with Crippen LogP contribution in [-0.4, -0.2) is 11.1 Å². The van der Waals surface area contributed by atoms with E-state index in [0.717, 1.165) is 0 Å². The van der Waals surface area contributed by atoms with Crippen LogP contribution < -0.4 is 5.73 Å². The molecule has 0 spiro atoms. The Morgan fingerprint density at radius 2 is 2.23 bits per heavy atom. The fraction of sp³-hybridized carbons (Fsp3) is 0.111. The van der Waals surface area contributed by atoms with E-state index in [1.807, 2.05) is 6.07 Å². The number of carbonyl (C=O) groups is 1. The van der Waals surface area contributed by atoms with Gasteiger partial charge in [-0.2, -0.15) is 5.26 Å². The summed E-state index contributed by atoms with van der Waals surface area (Å²) in [4.78, 5) is 10.7. The van der Waals surface area contributed by atoms with Crippen molar-refractivity contribution >= 4 is 11.7 Å². The zero-order valence-corrected chi connectivity index (χ0v) is 7.03. The predicted molar refractivity (Wildman–Crippen MR) is 47.3 cm³/mol. The lowest BCUT2D eigenvalue weighted by Gasteiger charge is -2.05. The maximum atomic E-state index is 10.7. The van der Waals surface area contributed by atoms with Crippen LogP contribution in [0.15, 0.2) is 12.1 Å². The molecule has 0 saturated heterocycles. The van der Waals surface area contributed by atoms with Gasteiger partial charge in [-0.15, -0.1) is 0 Å². The second kappa shape index (κ2) is 3.15. The molecule has 1 aromatic carbocycles. The van der Waals surface area contributed by atoms with Gasteiger partial charge in [-0.3, -0.25) is 0 Å². The van der Waals surface area contributed by atoms with E-state index >= 15 is 0 Å². The number of aromatic carboxylic acids is 1. The summed E-state index contributed by atoms with van der Waals surface area (Å²) in [5.41, 5.74) is 6.46. The first-order valence-electron chi connectivity index (χ1n) is 3.60. The molecule has 0 fully saturated rings. The lowest BCUT2D eigenvalue weighted by atomic mass is 10.0. The molecule has 13 heavy (non-hydrogen) atoms. The fourth-order valence-electron chi connectivity index (χ4n) is 1.10. The summed E-state index contributed by atoms with van der Waals surface area (Å²) in [5, 5.41) is 17.4. The maximum absolute atomic E-state index is 10.7. The van der Waals surface area contributed by atoms with Crippen molar-refractivity contribution in [3.8, 4) is 6.07 Å². The van der Waals surface area contributed by atoms with Crippen molar-refractivity contribution in [2.75, 3.05) is 5.73 Å². The fourth-order valence-corrected chi connectivity index (χ4v) is 1.10. The molecule has 0 unspecified atom stereocenters. The number of nitrogens with two attached hydrogens (primary N) is 1. The molecule has 0 saturated carbocycles. The first kappa shape index (κ1) is 9.07. The SMILES string of the molecule is Cc1c(N)ccc(C#N)c1C(=O)O. The molecule has 0 amide bonds. The standard InChI is InChI=1S/C9H8N2O2/c1-5-7(11)3-2-6(4-10)8(5)9(12)13/h2-3H,11H2,1H3,(H,12,13). The number of carboxylic acids is 1. The Hall–Kier alpha value is -2.02. The minimum atomic E-state index is -1.12. The minimum absolute atomic E-state index is 0.0116. The number of carboxylic acid groups (broad SMARTS) is 1. The van der Waals surface area contributed by atoms with Crippen LogP contribution in [0.5, 0.6) is 0 Å². The molecule has 0 aromatic heterocycles. The van der Waals surface area contributed by atoms with E-state index in [9.17, 15) is 4.79 Å². The average Bonchev–Trinajstić information content (AvgIpc) is 2.08. The Balaban J connectivity index is 3.53. The maximum Gasteiger partial charge on any atom is 0.337 e. The highest BCUT2D eigenvalue weighted by molar-refractivity contribution is 5.93. The molecular formula is C9H8N2O2. The molecule has 0 aliphatic carbocycles. The van der Waals surface area contributed by atoms with Crippen LogP contribution in [0.1, 0.15) is 21.5 Å². The second-order valence-electron chi connectivity index (χ2n) is 2.62. The number of hydrogen-bond donors (Lipinski definition) is 2. The molecular weight excluding hydrogens is 168 g/mol. The normalized spacial score (nSPS) is 9.23. The topological polar surface area (TPSA) is 87.1 Å². The van der Waals surface area contributed by atoms with Gasteiger partial charge < -0.3 is 10.8 Å².